The van der Waals surface area contributed by atoms with Crippen molar-refractivity contribution in [1.29, 1.82) is 0 Å². The summed E-state index contributed by atoms with van der Waals surface area (Å²) in [5, 5.41) is 2.49. The van der Waals surface area contributed by atoms with Crippen LogP contribution in [0.1, 0.15) is 23.7 Å². The Morgan fingerprint density at radius 3 is 2.41 bits per heavy atom. The normalized spacial score (nSPS) is 21.9. The smallest absolute Gasteiger partial charge is 0.338 e. The Morgan fingerprint density at radius 1 is 1.06 bits per heavy atom. The highest BCUT2D eigenvalue weighted by Gasteiger charge is 2.50. The summed E-state index contributed by atoms with van der Waals surface area (Å²) in [5.74, 6) is -2.92. The average molecular weight is 436 g/mol. The number of halogens is 1. The van der Waals surface area contributed by atoms with Crippen molar-refractivity contribution in [2.24, 2.45) is 17.8 Å². The highest BCUT2D eigenvalue weighted by Crippen LogP contribution is 2.40. The lowest BCUT2D eigenvalue weighted by molar-refractivity contribution is -0.123. The van der Waals surface area contributed by atoms with E-state index in [-0.39, 0.29) is 35.1 Å². The van der Waals surface area contributed by atoms with Gasteiger partial charge in [0.25, 0.3) is 5.91 Å². The molecule has 1 aliphatic carbocycles. The van der Waals surface area contributed by atoms with Crippen LogP contribution in [0.4, 0.5) is 15.8 Å². The van der Waals surface area contributed by atoms with Crippen molar-refractivity contribution >= 4 is 35.1 Å². The zero-order chi connectivity index (χ0) is 22.8. The van der Waals surface area contributed by atoms with Gasteiger partial charge in [0.2, 0.25) is 11.8 Å². The van der Waals surface area contributed by atoms with Crippen LogP contribution in [0.2, 0.25) is 0 Å². The number of imide groups is 1. The van der Waals surface area contributed by atoms with Gasteiger partial charge in [-0.05, 0) is 60.9 Å². The number of allylic oxidation sites excluding steroid dienone is 2. The summed E-state index contributed by atoms with van der Waals surface area (Å²) in [6.45, 7) is 1.41. The van der Waals surface area contributed by atoms with E-state index in [0.29, 0.717) is 17.8 Å². The van der Waals surface area contributed by atoms with Crippen LogP contribution in [-0.2, 0) is 19.1 Å². The molecule has 7 nitrogen and oxygen atoms in total. The summed E-state index contributed by atoms with van der Waals surface area (Å²) >= 11 is 0. The van der Waals surface area contributed by atoms with E-state index < -0.39 is 24.3 Å². The molecular formula is C24H21FN2O5. The summed E-state index contributed by atoms with van der Waals surface area (Å²) in [6, 6.07) is 11.1. The first kappa shape index (κ1) is 21.4. The number of anilines is 2. The molecular weight excluding hydrogens is 415 g/mol. The minimum absolute atomic E-state index is 0.00879. The Hall–Kier alpha value is -3.81. The number of fused-ring (bicyclic) bond motifs is 1. The van der Waals surface area contributed by atoms with Crippen molar-refractivity contribution in [1.82, 2.24) is 0 Å². The number of rotatable bonds is 5. The molecule has 1 heterocycles. The molecule has 32 heavy (non-hydrogen) atoms. The standard InChI is InChI=1S/C24H21FN2O5/c1-14-3-2-4-19-21(14)23(30)27(22(19)29)18-11-5-15(6-12-18)24(31)32-13-20(28)26-17-9-7-16(25)8-10-17/h2-3,5-12,14,19,21H,4,13H2,1H3,(H,26,28)/t14-,19+,21-/m1/s1. The first-order valence-corrected chi connectivity index (χ1v) is 10.2. The lowest BCUT2D eigenvalue weighted by atomic mass is 9.78. The van der Waals surface area contributed by atoms with E-state index in [1.807, 2.05) is 19.1 Å². The van der Waals surface area contributed by atoms with Gasteiger partial charge in [0.1, 0.15) is 5.82 Å². The fourth-order valence-electron chi connectivity index (χ4n) is 4.09. The van der Waals surface area contributed by atoms with Crippen LogP contribution in [0.3, 0.4) is 0 Å². The van der Waals surface area contributed by atoms with Gasteiger partial charge < -0.3 is 10.1 Å². The van der Waals surface area contributed by atoms with Gasteiger partial charge in [-0.2, -0.15) is 0 Å². The fraction of sp³-hybridized carbons (Fsp3) is 0.250. The largest absolute Gasteiger partial charge is 0.452 e. The third kappa shape index (κ3) is 4.16. The van der Waals surface area contributed by atoms with E-state index in [9.17, 15) is 23.6 Å². The Morgan fingerprint density at radius 2 is 1.75 bits per heavy atom. The number of amides is 3. The molecule has 2 aromatic rings. The molecule has 1 N–H and O–H groups in total. The summed E-state index contributed by atoms with van der Waals surface area (Å²) in [4.78, 5) is 51.0. The van der Waals surface area contributed by atoms with E-state index in [4.69, 9.17) is 4.74 Å². The van der Waals surface area contributed by atoms with Gasteiger partial charge in [-0.15, -0.1) is 0 Å². The lowest BCUT2D eigenvalue weighted by Gasteiger charge is -2.22. The third-order valence-corrected chi connectivity index (χ3v) is 5.70. The summed E-state index contributed by atoms with van der Waals surface area (Å²) in [5.41, 5.74) is 0.948. The first-order valence-electron chi connectivity index (χ1n) is 10.2. The minimum atomic E-state index is -0.726. The molecule has 0 radical (unpaired) electrons. The molecule has 4 rings (SSSR count). The number of carbonyl (C=O) groups is 4. The summed E-state index contributed by atoms with van der Waals surface area (Å²) in [7, 11) is 0. The average Bonchev–Trinajstić information content (AvgIpc) is 3.05. The second-order valence-electron chi connectivity index (χ2n) is 7.85. The first-order chi connectivity index (χ1) is 15.3. The summed E-state index contributed by atoms with van der Waals surface area (Å²) < 4.78 is 17.9. The second-order valence-corrected chi connectivity index (χ2v) is 7.85. The van der Waals surface area contributed by atoms with Crippen molar-refractivity contribution in [3.63, 3.8) is 0 Å². The lowest BCUT2D eigenvalue weighted by Crippen LogP contribution is -2.31. The molecule has 0 aromatic heterocycles. The van der Waals surface area contributed by atoms with Gasteiger partial charge in [0.15, 0.2) is 6.61 Å². The molecule has 3 amide bonds. The molecule has 8 heteroatoms. The van der Waals surface area contributed by atoms with E-state index in [1.54, 1.807) is 0 Å². The summed E-state index contributed by atoms with van der Waals surface area (Å²) in [6.07, 6.45) is 4.44. The molecule has 0 bridgehead atoms. The van der Waals surface area contributed by atoms with Crippen molar-refractivity contribution < 1.29 is 28.3 Å². The predicted octanol–water partition coefficient (Wildman–Crippen LogP) is 3.32. The number of carbonyl (C=O) groups excluding carboxylic acids is 4. The zero-order valence-electron chi connectivity index (χ0n) is 17.3. The molecule has 2 aliphatic rings. The Balaban J connectivity index is 1.36. The molecule has 0 saturated carbocycles. The van der Waals surface area contributed by atoms with E-state index in [1.165, 1.54) is 53.4 Å². The molecule has 2 aromatic carbocycles. The minimum Gasteiger partial charge on any atom is -0.452 e. The number of ether oxygens (including phenoxy) is 1. The fourth-order valence-corrected chi connectivity index (χ4v) is 4.09. The monoisotopic (exact) mass is 436 g/mol. The van der Waals surface area contributed by atoms with Crippen LogP contribution in [-0.4, -0.2) is 30.3 Å². The van der Waals surface area contributed by atoms with Crippen molar-refractivity contribution in [3.05, 3.63) is 72.1 Å². The SMILES string of the molecule is C[C@@H]1C=CC[C@@H]2C(=O)N(c3ccc(C(=O)OCC(=O)Nc4ccc(F)cc4)cc3)C(=O)[C@H]12. The van der Waals surface area contributed by atoms with Crippen LogP contribution in [0.25, 0.3) is 0 Å². The van der Waals surface area contributed by atoms with Gasteiger partial charge in [-0.3, -0.25) is 19.3 Å². The molecule has 0 unspecified atom stereocenters. The number of nitrogens with one attached hydrogen (secondary N) is 1. The van der Waals surface area contributed by atoms with Crippen molar-refractivity contribution in [3.8, 4) is 0 Å². The number of nitrogens with zero attached hydrogens (tertiary/aromatic N) is 1. The van der Waals surface area contributed by atoms with Crippen LogP contribution in [0.5, 0.6) is 0 Å². The molecule has 1 saturated heterocycles. The molecule has 0 spiro atoms. The Labute approximate surface area is 183 Å². The van der Waals surface area contributed by atoms with Gasteiger partial charge in [-0.25, -0.2) is 9.18 Å². The Kier molecular flexibility index (Phi) is 5.85. The van der Waals surface area contributed by atoms with Gasteiger partial charge in [0.05, 0.1) is 23.1 Å². The maximum absolute atomic E-state index is 12.9. The molecule has 1 aliphatic heterocycles. The van der Waals surface area contributed by atoms with E-state index in [2.05, 4.69) is 5.32 Å². The van der Waals surface area contributed by atoms with E-state index >= 15 is 0 Å². The number of hydrogen-bond donors (Lipinski definition) is 1. The second kappa shape index (κ2) is 8.74. The highest BCUT2D eigenvalue weighted by atomic mass is 19.1. The van der Waals surface area contributed by atoms with Crippen LogP contribution < -0.4 is 10.2 Å². The third-order valence-electron chi connectivity index (χ3n) is 5.70. The maximum Gasteiger partial charge on any atom is 0.338 e. The zero-order valence-corrected chi connectivity index (χ0v) is 17.3. The van der Waals surface area contributed by atoms with Crippen molar-refractivity contribution in [2.75, 3.05) is 16.8 Å². The van der Waals surface area contributed by atoms with Gasteiger partial charge >= 0.3 is 5.97 Å². The predicted molar refractivity (Wildman–Crippen MR) is 114 cm³/mol. The van der Waals surface area contributed by atoms with Crippen LogP contribution in [0.15, 0.2) is 60.7 Å². The molecule has 164 valence electrons. The number of esters is 1. The van der Waals surface area contributed by atoms with Gasteiger partial charge in [0, 0.05) is 5.69 Å². The van der Waals surface area contributed by atoms with E-state index in [0.717, 1.165) is 0 Å². The highest BCUT2D eigenvalue weighted by molar-refractivity contribution is 6.22. The maximum atomic E-state index is 12.9. The van der Waals surface area contributed by atoms with Crippen molar-refractivity contribution in [2.45, 2.75) is 13.3 Å². The van der Waals surface area contributed by atoms with Crippen LogP contribution in [0, 0.1) is 23.6 Å². The Bertz CT molecular complexity index is 1090. The van der Waals surface area contributed by atoms with Crippen LogP contribution >= 0.6 is 0 Å². The van der Waals surface area contributed by atoms with Gasteiger partial charge in [-0.1, -0.05) is 19.1 Å². The molecule has 1 fully saturated rings. The topological polar surface area (TPSA) is 92.8 Å². The number of hydrogen-bond acceptors (Lipinski definition) is 5. The quantitative estimate of drug-likeness (QED) is 0.441. The number of benzene rings is 2. The molecule has 3 atom stereocenters.